The van der Waals surface area contributed by atoms with Crippen LogP contribution in [-0.2, 0) is 5.41 Å². The fourth-order valence-electron chi connectivity index (χ4n) is 4.13. The maximum absolute atomic E-state index is 6.81. The molecule has 0 bridgehead atoms. The van der Waals surface area contributed by atoms with Crippen molar-refractivity contribution >= 4 is 0 Å². The normalized spacial score (nSPS) is 12.9. The van der Waals surface area contributed by atoms with Crippen LogP contribution in [0.25, 0.3) is 0 Å². The van der Waals surface area contributed by atoms with Gasteiger partial charge in [0.1, 0.15) is 0 Å². The van der Waals surface area contributed by atoms with Crippen LogP contribution in [0.4, 0.5) is 0 Å². The predicted molar refractivity (Wildman–Crippen MR) is 119 cm³/mol. The van der Waals surface area contributed by atoms with E-state index in [4.69, 9.17) is 5.73 Å². The van der Waals surface area contributed by atoms with Gasteiger partial charge in [0.2, 0.25) is 0 Å². The van der Waals surface area contributed by atoms with E-state index in [1.54, 1.807) is 0 Å². The quantitative estimate of drug-likeness (QED) is 0.372. The average Bonchev–Trinajstić information content (AvgIpc) is 2.73. The Balaban J connectivity index is 1.87. The van der Waals surface area contributed by atoms with Gasteiger partial charge in [0.15, 0.2) is 0 Å². The predicted octanol–water partition coefficient (Wildman–Crippen LogP) is 7.24. The lowest BCUT2D eigenvalue weighted by atomic mass is 9.69. The molecule has 0 saturated carbocycles. The Bertz CT molecular complexity index is 565. The molecule has 1 unspecified atom stereocenters. The summed E-state index contributed by atoms with van der Waals surface area (Å²) in [7, 11) is 0. The van der Waals surface area contributed by atoms with Gasteiger partial charge >= 0.3 is 0 Å². The second kappa shape index (κ2) is 12.0. The van der Waals surface area contributed by atoms with Gasteiger partial charge < -0.3 is 5.73 Å². The minimum Gasteiger partial charge on any atom is -0.327 e. The number of unbranched alkanes of at least 4 members (excludes halogenated alkanes) is 8. The van der Waals surface area contributed by atoms with E-state index in [9.17, 15) is 0 Å². The molecule has 0 aliphatic carbocycles. The van der Waals surface area contributed by atoms with Crippen LogP contribution in [0.5, 0.6) is 0 Å². The molecule has 0 aliphatic heterocycles. The van der Waals surface area contributed by atoms with Crippen molar-refractivity contribution in [3.05, 3.63) is 71.8 Å². The molecule has 2 rings (SSSR count). The summed E-state index contributed by atoms with van der Waals surface area (Å²) in [5.41, 5.74) is 9.31. The molecule has 0 amide bonds. The summed E-state index contributed by atoms with van der Waals surface area (Å²) < 4.78 is 0. The summed E-state index contributed by atoms with van der Waals surface area (Å²) in [4.78, 5) is 0. The highest BCUT2D eigenvalue weighted by molar-refractivity contribution is 5.40. The first-order valence-corrected chi connectivity index (χ1v) is 11.1. The van der Waals surface area contributed by atoms with Gasteiger partial charge in [-0.2, -0.15) is 0 Å². The lowest BCUT2D eigenvalue weighted by Crippen LogP contribution is -2.44. The first-order chi connectivity index (χ1) is 13.2. The molecule has 0 spiro atoms. The molecule has 148 valence electrons. The number of hydrogen-bond acceptors (Lipinski definition) is 1. The Hall–Kier alpha value is -1.60. The highest BCUT2D eigenvalue weighted by atomic mass is 14.7. The van der Waals surface area contributed by atoms with Gasteiger partial charge in [-0.05, 0) is 24.5 Å². The van der Waals surface area contributed by atoms with Crippen molar-refractivity contribution in [1.29, 1.82) is 0 Å². The van der Waals surface area contributed by atoms with Crippen LogP contribution in [-0.4, -0.2) is 6.04 Å². The summed E-state index contributed by atoms with van der Waals surface area (Å²) in [6, 6.07) is 21.7. The Morgan fingerprint density at radius 3 is 1.52 bits per heavy atom. The molecular weight excluding hydrogens is 326 g/mol. The lowest BCUT2D eigenvalue weighted by molar-refractivity contribution is 0.401. The maximum Gasteiger partial charge on any atom is 0.0325 e. The van der Waals surface area contributed by atoms with Crippen molar-refractivity contribution < 1.29 is 0 Å². The van der Waals surface area contributed by atoms with Gasteiger partial charge in [-0.1, -0.05) is 125 Å². The van der Waals surface area contributed by atoms with Crippen molar-refractivity contribution in [2.45, 2.75) is 89.5 Å². The standard InChI is InChI=1S/C26H39N/c1-3-4-5-6-7-8-9-10-17-22-25(27)26(2,23-18-13-11-14-19-23)24-20-15-12-16-21-24/h11-16,18-21,25H,3-10,17,22,27H2,1-2H3. The fraction of sp³-hybridized carbons (Fsp3) is 0.538. The Morgan fingerprint density at radius 2 is 1.07 bits per heavy atom. The Kier molecular flexibility index (Phi) is 9.62. The average molecular weight is 366 g/mol. The van der Waals surface area contributed by atoms with Crippen molar-refractivity contribution in [3.8, 4) is 0 Å². The van der Waals surface area contributed by atoms with Crippen LogP contribution in [0.1, 0.15) is 89.2 Å². The second-order valence-corrected chi connectivity index (χ2v) is 8.16. The van der Waals surface area contributed by atoms with Crippen LogP contribution >= 0.6 is 0 Å². The van der Waals surface area contributed by atoms with E-state index < -0.39 is 0 Å². The van der Waals surface area contributed by atoms with Crippen molar-refractivity contribution in [2.75, 3.05) is 0 Å². The zero-order valence-electron chi connectivity index (χ0n) is 17.5. The van der Waals surface area contributed by atoms with Gasteiger partial charge in [-0.25, -0.2) is 0 Å². The molecule has 2 aromatic carbocycles. The number of hydrogen-bond donors (Lipinski definition) is 1. The van der Waals surface area contributed by atoms with Crippen LogP contribution in [0.15, 0.2) is 60.7 Å². The third-order valence-corrected chi connectivity index (χ3v) is 6.11. The Labute approximate surface area is 167 Å². The maximum atomic E-state index is 6.81. The lowest BCUT2D eigenvalue weighted by Gasteiger charge is -2.37. The summed E-state index contributed by atoms with van der Waals surface area (Å²) in [6.07, 6.45) is 13.3. The van der Waals surface area contributed by atoms with Gasteiger partial charge in [-0.15, -0.1) is 0 Å². The zero-order valence-corrected chi connectivity index (χ0v) is 17.5. The molecule has 0 aromatic heterocycles. The van der Waals surface area contributed by atoms with E-state index in [1.807, 2.05) is 0 Å². The molecule has 1 nitrogen and oxygen atoms in total. The third-order valence-electron chi connectivity index (χ3n) is 6.11. The van der Waals surface area contributed by atoms with Gasteiger partial charge in [0, 0.05) is 11.5 Å². The van der Waals surface area contributed by atoms with Crippen LogP contribution in [0.3, 0.4) is 0 Å². The smallest absolute Gasteiger partial charge is 0.0325 e. The van der Waals surface area contributed by atoms with Crippen LogP contribution in [0, 0.1) is 0 Å². The minimum absolute atomic E-state index is 0.131. The van der Waals surface area contributed by atoms with Crippen molar-refractivity contribution in [1.82, 2.24) is 0 Å². The van der Waals surface area contributed by atoms with E-state index in [-0.39, 0.29) is 11.5 Å². The number of nitrogens with two attached hydrogens (primary N) is 1. The van der Waals surface area contributed by atoms with E-state index in [2.05, 4.69) is 74.5 Å². The van der Waals surface area contributed by atoms with E-state index in [0.717, 1.165) is 6.42 Å². The van der Waals surface area contributed by atoms with Crippen LogP contribution < -0.4 is 5.73 Å². The summed E-state index contributed by atoms with van der Waals surface area (Å²) in [5, 5.41) is 0. The molecule has 1 heteroatoms. The fourth-order valence-corrected chi connectivity index (χ4v) is 4.13. The van der Waals surface area contributed by atoms with E-state index in [1.165, 1.54) is 68.9 Å². The third kappa shape index (κ3) is 6.50. The molecule has 0 saturated heterocycles. The van der Waals surface area contributed by atoms with Gasteiger partial charge in [0.05, 0.1) is 0 Å². The molecule has 0 heterocycles. The molecule has 0 radical (unpaired) electrons. The minimum atomic E-state index is -0.136. The molecule has 2 aromatic rings. The monoisotopic (exact) mass is 365 g/mol. The number of benzene rings is 2. The SMILES string of the molecule is CCCCCCCCCCCC(N)C(C)(c1ccccc1)c1ccccc1. The largest absolute Gasteiger partial charge is 0.327 e. The van der Waals surface area contributed by atoms with E-state index in [0.29, 0.717) is 0 Å². The highest BCUT2D eigenvalue weighted by Gasteiger charge is 2.34. The van der Waals surface area contributed by atoms with E-state index >= 15 is 0 Å². The highest BCUT2D eigenvalue weighted by Crippen LogP contribution is 2.36. The molecule has 0 fully saturated rings. The Morgan fingerprint density at radius 1 is 0.667 bits per heavy atom. The molecule has 27 heavy (non-hydrogen) atoms. The summed E-state index contributed by atoms with van der Waals surface area (Å²) in [6.45, 7) is 4.60. The van der Waals surface area contributed by atoms with Gasteiger partial charge in [-0.3, -0.25) is 0 Å². The first kappa shape index (κ1) is 21.7. The molecular formula is C26H39N. The molecule has 1 atom stereocenters. The van der Waals surface area contributed by atoms with Crippen molar-refractivity contribution in [3.63, 3.8) is 0 Å². The first-order valence-electron chi connectivity index (χ1n) is 11.1. The molecule has 0 aliphatic rings. The van der Waals surface area contributed by atoms with Crippen LogP contribution in [0.2, 0.25) is 0 Å². The number of rotatable bonds is 13. The molecule has 2 N–H and O–H groups in total. The van der Waals surface area contributed by atoms with Crippen molar-refractivity contribution in [2.24, 2.45) is 5.73 Å². The second-order valence-electron chi connectivity index (χ2n) is 8.16. The topological polar surface area (TPSA) is 26.0 Å². The summed E-state index contributed by atoms with van der Waals surface area (Å²) >= 11 is 0. The van der Waals surface area contributed by atoms with Gasteiger partial charge in [0.25, 0.3) is 0 Å². The zero-order chi connectivity index (χ0) is 19.4. The summed E-state index contributed by atoms with van der Waals surface area (Å²) in [5.74, 6) is 0.